The van der Waals surface area contributed by atoms with Crippen molar-refractivity contribution in [2.75, 3.05) is 19.8 Å². The molecule has 0 aromatic carbocycles. The minimum Gasteiger partial charge on any atom is -0.380 e. The number of ether oxygens (including phenoxy) is 1. The molecule has 0 aliphatic rings. The van der Waals surface area contributed by atoms with Gasteiger partial charge in [0.2, 0.25) is 0 Å². The number of unbranched alkanes of at least 4 members (excludes halogenated alkanes) is 3. The van der Waals surface area contributed by atoms with Crippen LogP contribution in [0.3, 0.4) is 0 Å². The normalized spacial score (nSPS) is 13.3. The predicted octanol–water partition coefficient (Wildman–Crippen LogP) is 3.61. The maximum atomic E-state index is 5.53. The summed E-state index contributed by atoms with van der Waals surface area (Å²) in [6, 6.07) is 0.638. The number of hydrogen-bond donors (Lipinski definition) is 1. The zero-order chi connectivity index (χ0) is 12.2. The topological polar surface area (TPSA) is 21.3 Å². The molecule has 0 amide bonds. The fourth-order valence-electron chi connectivity index (χ4n) is 1.68. The Hall–Kier alpha value is -0.0800. The Morgan fingerprint density at radius 2 is 1.81 bits per heavy atom. The second-order valence-corrected chi connectivity index (χ2v) is 5.17. The van der Waals surface area contributed by atoms with Crippen LogP contribution >= 0.6 is 0 Å². The highest BCUT2D eigenvalue weighted by molar-refractivity contribution is 4.60. The SMILES string of the molecule is CCCCCCC(C)NCCOCC(C)C. The van der Waals surface area contributed by atoms with Crippen LogP contribution in [0.5, 0.6) is 0 Å². The minimum atomic E-state index is 0.638. The molecule has 0 saturated carbocycles. The van der Waals surface area contributed by atoms with Gasteiger partial charge >= 0.3 is 0 Å². The van der Waals surface area contributed by atoms with Gasteiger partial charge in [-0.2, -0.15) is 0 Å². The zero-order valence-corrected chi connectivity index (χ0v) is 11.7. The van der Waals surface area contributed by atoms with E-state index in [1.807, 2.05) is 0 Å². The lowest BCUT2D eigenvalue weighted by atomic mass is 10.1. The fourth-order valence-corrected chi connectivity index (χ4v) is 1.68. The largest absolute Gasteiger partial charge is 0.380 e. The molecule has 0 aliphatic carbocycles. The monoisotopic (exact) mass is 229 g/mol. The Kier molecular flexibility index (Phi) is 11.3. The van der Waals surface area contributed by atoms with Crippen LogP contribution in [0.2, 0.25) is 0 Å². The van der Waals surface area contributed by atoms with Gasteiger partial charge in [-0.15, -0.1) is 0 Å². The summed E-state index contributed by atoms with van der Waals surface area (Å²) in [6.07, 6.45) is 6.74. The summed E-state index contributed by atoms with van der Waals surface area (Å²) in [7, 11) is 0. The molecule has 2 nitrogen and oxygen atoms in total. The molecule has 1 atom stereocenters. The van der Waals surface area contributed by atoms with Crippen molar-refractivity contribution in [1.82, 2.24) is 5.32 Å². The maximum Gasteiger partial charge on any atom is 0.0591 e. The second-order valence-electron chi connectivity index (χ2n) is 5.17. The maximum absolute atomic E-state index is 5.53. The van der Waals surface area contributed by atoms with E-state index in [0.29, 0.717) is 12.0 Å². The van der Waals surface area contributed by atoms with E-state index in [-0.39, 0.29) is 0 Å². The molecular formula is C14H31NO. The van der Waals surface area contributed by atoms with Crippen LogP contribution in [-0.4, -0.2) is 25.8 Å². The summed E-state index contributed by atoms with van der Waals surface area (Å²) >= 11 is 0. The molecule has 2 heteroatoms. The van der Waals surface area contributed by atoms with Gasteiger partial charge in [-0.25, -0.2) is 0 Å². The Morgan fingerprint density at radius 3 is 2.44 bits per heavy atom. The standard InChI is InChI=1S/C14H31NO/c1-5-6-7-8-9-14(4)15-10-11-16-12-13(2)3/h13-15H,5-12H2,1-4H3. The van der Waals surface area contributed by atoms with Crippen LogP contribution in [0.1, 0.15) is 59.8 Å². The van der Waals surface area contributed by atoms with Gasteiger partial charge in [0.05, 0.1) is 6.61 Å². The summed E-state index contributed by atoms with van der Waals surface area (Å²) in [5.74, 6) is 0.645. The predicted molar refractivity (Wildman–Crippen MR) is 71.9 cm³/mol. The first kappa shape index (κ1) is 15.9. The van der Waals surface area contributed by atoms with Crippen molar-refractivity contribution in [3.05, 3.63) is 0 Å². The van der Waals surface area contributed by atoms with E-state index < -0.39 is 0 Å². The zero-order valence-electron chi connectivity index (χ0n) is 11.7. The Bertz CT molecular complexity index is 137. The average Bonchev–Trinajstić information content (AvgIpc) is 2.23. The highest BCUT2D eigenvalue weighted by Gasteiger charge is 2.00. The summed E-state index contributed by atoms with van der Waals surface area (Å²) in [5, 5.41) is 3.51. The number of nitrogens with one attached hydrogen (secondary N) is 1. The molecule has 0 spiro atoms. The lowest BCUT2D eigenvalue weighted by Gasteiger charge is -2.14. The molecule has 0 aromatic heterocycles. The van der Waals surface area contributed by atoms with E-state index >= 15 is 0 Å². The fraction of sp³-hybridized carbons (Fsp3) is 1.00. The van der Waals surface area contributed by atoms with Crippen LogP contribution in [0.4, 0.5) is 0 Å². The molecule has 16 heavy (non-hydrogen) atoms. The summed E-state index contributed by atoms with van der Waals surface area (Å²) in [4.78, 5) is 0. The van der Waals surface area contributed by atoms with Crippen molar-refractivity contribution >= 4 is 0 Å². The van der Waals surface area contributed by atoms with E-state index in [1.165, 1.54) is 32.1 Å². The molecule has 0 aromatic rings. The van der Waals surface area contributed by atoms with Crippen molar-refractivity contribution in [1.29, 1.82) is 0 Å². The van der Waals surface area contributed by atoms with Crippen LogP contribution < -0.4 is 5.32 Å². The van der Waals surface area contributed by atoms with Crippen LogP contribution in [0.25, 0.3) is 0 Å². The molecule has 98 valence electrons. The molecule has 0 saturated heterocycles. The molecule has 0 rings (SSSR count). The molecule has 0 aliphatic heterocycles. The highest BCUT2D eigenvalue weighted by Crippen LogP contribution is 2.04. The Labute approximate surface area is 102 Å². The van der Waals surface area contributed by atoms with Gasteiger partial charge in [-0.05, 0) is 19.3 Å². The second kappa shape index (κ2) is 11.4. The Morgan fingerprint density at radius 1 is 1.06 bits per heavy atom. The van der Waals surface area contributed by atoms with Crippen molar-refractivity contribution < 1.29 is 4.74 Å². The van der Waals surface area contributed by atoms with Gasteiger partial charge < -0.3 is 10.1 Å². The van der Waals surface area contributed by atoms with E-state index in [9.17, 15) is 0 Å². The molecule has 1 N–H and O–H groups in total. The average molecular weight is 229 g/mol. The van der Waals surface area contributed by atoms with Crippen molar-refractivity contribution in [2.45, 2.75) is 65.8 Å². The lowest BCUT2D eigenvalue weighted by molar-refractivity contribution is 0.110. The van der Waals surface area contributed by atoms with Crippen molar-refractivity contribution in [3.8, 4) is 0 Å². The quantitative estimate of drug-likeness (QED) is 0.547. The lowest BCUT2D eigenvalue weighted by Crippen LogP contribution is -2.29. The number of rotatable bonds is 11. The minimum absolute atomic E-state index is 0.638. The van der Waals surface area contributed by atoms with Crippen LogP contribution in [0, 0.1) is 5.92 Å². The first-order valence-corrected chi connectivity index (χ1v) is 6.98. The highest BCUT2D eigenvalue weighted by atomic mass is 16.5. The van der Waals surface area contributed by atoms with E-state index in [1.54, 1.807) is 0 Å². The van der Waals surface area contributed by atoms with Crippen LogP contribution in [0.15, 0.2) is 0 Å². The van der Waals surface area contributed by atoms with Gasteiger partial charge in [-0.1, -0.05) is 46.5 Å². The van der Waals surface area contributed by atoms with Gasteiger partial charge in [0.1, 0.15) is 0 Å². The van der Waals surface area contributed by atoms with E-state index in [2.05, 4.69) is 33.0 Å². The number of hydrogen-bond acceptors (Lipinski definition) is 2. The van der Waals surface area contributed by atoms with Gasteiger partial charge in [-0.3, -0.25) is 0 Å². The molecule has 1 unspecified atom stereocenters. The molecule has 0 heterocycles. The summed E-state index contributed by atoms with van der Waals surface area (Å²) in [6.45, 7) is 11.6. The van der Waals surface area contributed by atoms with Gasteiger partial charge in [0.25, 0.3) is 0 Å². The van der Waals surface area contributed by atoms with Crippen molar-refractivity contribution in [2.24, 2.45) is 5.92 Å². The summed E-state index contributed by atoms with van der Waals surface area (Å²) in [5.41, 5.74) is 0. The molecule has 0 bridgehead atoms. The van der Waals surface area contributed by atoms with E-state index in [4.69, 9.17) is 4.74 Å². The molecular weight excluding hydrogens is 198 g/mol. The van der Waals surface area contributed by atoms with E-state index in [0.717, 1.165) is 19.8 Å². The third kappa shape index (κ3) is 12.0. The smallest absolute Gasteiger partial charge is 0.0591 e. The molecule has 0 fully saturated rings. The summed E-state index contributed by atoms with van der Waals surface area (Å²) < 4.78 is 5.53. The van der Waals surface area contributed by atoms with Crippen LogP contribution in [-0.2, 0) is 4.74 Å². The van der Waals surface area contributed by atoms with Gasteiger partial charge in [0, 0.05) is 19.2 Å². The third-order valence-electron chi connectivity index (χ3n) is 2.68. The Balaban J connectivity index is 3.14. The third-order valence-corrected chi connectivity index (χ3v) is 2.68. The van der Waals surface area contributed by atoms with Crippen molar-refractivity contribution in [3.63, 3.8) is 0 Å². The molecule has 0 radical (unpaired) electrons. The first-order valence-electron chi connectivity index (χ1n) is 6.98. The van der Waals surface area contributed by atoms with Gasteiger partial charge in [0.15, 0.2) is 0 Å². The first-order chi connectivity index (χ1) is 7.66.